The Morgan fingerprint density at radius 1 is 0.780 bits per heavy atom. The first kappa shape index (κ1) is 70.0. The summed E-state index contributed by atoms with van der Waals surface area (Å²) in [5, 5.41) is 24.4. The highest BCUT2D eigenvalue weighted by atomic mass is 32.5. The first-order valence-electron chi connectivity index (χ1n) is 27.2. The second-order valence-electron chi connectivity index (χ2n) is 17.5. The number of methoxy groups -OCH3 is 1. The van der Waals surface area contributed by atoms with Crippen molar-refractivity contribution in [3.05, 3.63) is 123 Å². The van der Waals surface area contributed by atoms with E-state index in [2.05, 4.69) is 27.0 Å². The van der Waals surface area contributed by atoms with E-state index in [0.29, 0.717) is 128 Å². The van der Waals surface area contributed by atoms with Crippen LogP contribution in [0.1, 0.15) is 86.3 Å². The van der Waals surface area contributed by atoms with Crippen molar-refractivity contribution < 1.29 is 71.7 Å². The van der Waals surface area contributed by atoms with E-state index in [0.717, 1.165) is 61.6 Å². The molecule has 1 aliphatic heterocycles. The minimum absolute atomic E-state index is 0.0478. The number of benzene rings is 4. The number of nitrogens with one attached hydrogen (secondary N) is 2. The van der Waals surface area contributed by atoms with Crippen LogP contribution in [0.25, 0.3) is 33.7 Å². The van der Waals surface area contributed by atoms with Gasteiger partial charge in [-0.25, -0.2) is 5.84 Å². The van der Waals surface area contributed by atoms with Crippen LogP contribution < -0.4 is 37.3 Å². The van der Waals surface area contributed by atoms with E-state index in [1.54, 1.807) is 29.3 Å². The Bertz CT molecular complexity index is 2820. The minimum Gasteiger partial charge on any atom is -0.504 e. The number of ether oxygens (including phenoxy) is 6. The molecular formula is C58H83N6O16PS. The van der Waals surface area contributed by atoms with Crippen molar-refractivity contribution >= 4 is 64.8 Å². The van der Waals surface area contributed by atoms with Crippen molar-refractivity contribution in [2.75, 3.05) is 111 Å². The lowest BCUT2D eigenvalue weighted by Gasteiger charge is -2.33. The van der Waals surface area contributed by atoms with Gasteiger partial charge >= 0.3 is 6.72 Å². The second-order valence-corrected chi connectivity index (χ2v) is 20.2. The highest BCUT2D eigenvalue weighted by Crippen LogP contribution is 2.38. The van der Waals surface area contributed by atoms with E-state index in [9.17, 15) is 24.3 Å². The Kier molecular flexibility index (Phi) is 34.1. The van der Waals surface area contributed by atoms with Crippen LogP contribution in [0.5, 0.6) is 11.5 Å². The fraction of sp³-hybridized carbons (Fsp3) is 0.448. The maximum Gasteiger partial charge on any atom is 0.321 e. The first-order chi connectivity index (χ1) is 39.8. The summed E-state index contributed by atoms with van der Waals surface area (Å²) < 4.78 is 43.9. The molecule has 0 radical (unpaired) electrons. The van der Waals surface area contributed by atoms with Crippen LogP contribution in [0.15, 0.2) is 100 Å². The molecule has 0 aliphatic carbocycles. The molecule has 0 fully saturated rings. The number of phenolic OH excluding ortho intramolecular Hbond substituents is 1. The van der Waals surface area contributed by atoms with Gasteiger partial charge in [0.2, 0.25) is 18.1 Å². The predicted molar refractivity (Wildman–Crippen MR) is 320 cm³/mol. The zero-order chi connectivity index (χ0) is 60.1. The van der Waals surface area contributed by atoms with Gasteiger partial charge in [0.25, 0.3) is 5.91 Å². The lowest BCUT2D eigenvalue weighted by Crippen LogP contribution is -2.37. The SMILES string of the molecule is CC.CCCC(=O)N1Cc2ccccc2/C(N(N)CCOCCOCCOCCOCCOCCNC(=O)c2ccc(-c3cc(=O)c4ccc(O)c(OC)c4o3)cc2)=C(/N)c2ccccc21.CO.O=CNCCCCCCOP(O)(O)=S. The highest BCUT2D eigenvalue weighted by Gasteiger charge is 2.27. The molecule has 4 aromatic carbocycles. The third-order valence-corrected chi connectivity index (χ3v) is 12.7. The Labute approximate surface area is 485 Å². The molecule has 6 rings (SSSR count). The highest BCUT2D eigenvalue weighted by molar-refractivity contribution is 8.06. The second kappa shape index (κ2) is 40.0. The quantitative estimate of drug-likeness (QED) is 0.00736. The van der Waals surface area contributed by atoms with Crippen molar-refractivity contribution in [2.45, 2.75) is 65.8 Å². The van der Waals surface area contributed by atoms with Gasteiger partial charge in [-0.1, -0.05) is 88.2 Å². The number of fused-ring (bicyclic) bond motifs is 3. The number of aliphatic hydroxyl groups is 1. The topological polar surface area (TPSA) is 310 Å². The Morgan fingerprint density at radius 2 is 1.37 bits per heavy atom. The van der Waals surface area contributed by atoms with Crippen molar-refractivity contribution in [2.24, 2.45) is 11.6 Å². The van der Waals surface area contributed by atoms with Crippen LogP contribution in [0.2, 0.25) is 0 Å². The van der Waals surface area contributed by atoms with E-state index in [1.165, 1.54) is 25.3 Å². The van der Waals surface area contributed by atoms with Gasteiger partial charge in [0.05, 0.1) is 115 Å². The molecule has 0 saturated carbocycles. The van der Waals surface area contributed by atoms with Crippen LogP contribution in [-0.2, 0) is 56.1 Å². The number of rotatable bonds is 33. The van der Waals surface area contributed by atoms with Gasteiger partial charge in [0.15, 0.2) is 16.8 Å². The zero-order valence-corrected chi connectivity index (χ0v) is 49.4. The fourth-order valence-corrected chi connectivity index (χ4v) is 8.65. The molecule has 22 nitrogen and oxygen atoms in total. The molecule has 0 spiro atoms. The number of aliphatic hydroxyl groups excluding tert-OH is 1. The van der Waals surface area contributed by atoms with Gasteiger partial charge in [-0.15, -0.1) is 0 Å². The van der Waals surface area contributed by atoms with E-state index in [4.69, 9.17) is 59.3 Å². The number of hydrogen-bond acceptors (Lipinski definition) is 18. The smallest absolute Gasteiger partial charge is 0.321 e. The number of anilines is 1. The third-order valence-electron chi connectivity index (χ3n) is 11.9. The molecule has 3 amide bonds. The summed E-state index contributed by atoms with van der Waals surface area (Å²) in [6, 6.07) is 26.4. The number of nitrogens with two attached hydrogens (primary N) is 2. The van der Waals surface area contributed by atoms with Gasteiger partial charge in [0.1, 0.15) is 5.76 Å². The lowest BCUT2D eigenvalue weighted by atomic mass is 9.95. The summed E-state index contributed by atoms with van der Waals surface area (Å²) in [5.41, 5.74) is 12.2. The van der Waals surface area contributed by atoms with Crippen LogP contribution in [0.4, 0.5) is 5.69 Å². The minimum atomic E-state index is -3.46. The number of unbranched alkanes of at least 4 members (excludes halogenated alkanes) is 3. The summed E-state index contributed by atoms with van der Waals surface area (Å²) >= 11 is 4.27. The summed E-state index contributed by atoms with van der Waals surface area (Å²) in [6.07, 6.45) is 5.45. The van der Waals surface area contributed by atoms with Gasteiger partial charge in [-0.3, -0.25) is 19.2 Å². The molecule has 0 bridgehead atoms. The van der Waals surface area contributed by atoms with E-state index < -0.39 is 6.72 Å². The number of amides is 3. The monoisotopic (exact) mass is 1180 g/mol. The average molecular weight is 1180 g/mol. The number of phenols is 1. The van der Waals surface area contributed by atoms with Crippen LogP contribution in [0, 0.1) is 0 Å². The molecule has 2 heterocycles. The molecule has 0 saturated heterocycles. The molecule has 452 valence electrons. The standard InChI is InChI=1S/C48H57N5O11.C7H16NO4PS.C2H6.CH4O/c1-3-8-43(56)52-32-35-9-4-5-10-36(35)45(44(49)37-11-6-7-12-39(37)52)53(50)20-22-60-24-26-62-28-30-63-29-27-61-25-23-59-21-19-51-48(57)34-15-13-33(14-16-34)42-31-41(55)38-17-18-40(54)47(58-2)46(38)64-42;9-7-8-5-3-1-2-4-6-12-13(10,11)14;2*1-2/h4-7,9-18,31,54H,3,8,19-30,32,49-50H2,1-2H3,(H,51,57);7H,1-6H2,(H,8,9)(H2,10,11,14);1-2H3;2H,1H3/b45-44-;;;. The molecule has 1 aliphatic rings. The molecule has 0 unspecified atom stereocenters. The number of hydrogen-bond donors (Lipinski definition) is 8. The number of nitrogens with zero attached hydrogens (tertiary/aromatic N) is 2. The van der Waals surface area contributed by atoms with Crippen molar-refractivity contribution in [3.8, 4) is 22.8 Å². The molecule has 82 heavy (non-hydrogen) atoms. The molecule has 24 heteroatoms. The molecule has 10 N–H and O–H groups in total. The average Bonchev–Trinajstić information content (AvgIpc) is 3.50. The van der Waals surface area contributed by atoms with Gasteiger partial charge in [0, 0.05) is 54.9 Å². The number of hydrazine groups is 1. The van der Waals surface area contributed by atoms with Gasteiger partial charge in [-0.05, 0) is 67.0 Å². The summed E-state index contributed by atoms with van der Waals surface area (Å²) in [7, 11) is 2.38. The number of carbonyl (C=O) groups excluding carboxylic acids is 3. The maximum absolute atomic E-state index is 13.2. The molecule has 1 aromatic heterocycles. The summed E-state index contributed by atoms with van der Waals surface area (Å²) in [6.45, 7) is 8.43. The Balaban J connectivity index is 0.000000850. The number of aromatic hydroxyl groups is 1. The van der Waals surface area contributed by atoms with Crippen LogP contribution in [-0.4, -0.2) is 150 Å². The molecule has 5 aromatic rings. The largest absolute Gasteiger partial charge is 0.504 e. The zero-order valence-electron chi connectivity index (χ0n) is 47.7. The van der Waals surface area contributed by atoms with Crippen LogP contribution in [0.3, 0.4) is 0 Å². The molecular weight excluding hydrogens is 1100 g/mol. The number of carbonyl (C=O) groups is 3. The Morgan fingerprint density at radius 3 is 1.98 bits per heavy atom. The fourth-order valence-electron chi connectivity index (χ4n) is 8.06. The van der Waals surface area contributed by atoms with E-state index >= 15 is 0 Å². The van der Waals surface area contributed by atoms with Crippen molar-refractivity contribution in [3.63, 3.8) is 0 Å². The van der Waals surface area contributed by atoms with E-state index in [-0.39, 0.29) is 52.1 Å². The maximum atomic E-state index is 13.2. The lowest BCUT2D eigenvalue weighted by molar-refractivity contribution is -0.118. The van der Waals surface area contributed by atoms with Crippen LogP contribution >= 0.6 is 6.72 Å². The Hall–Kier alpha value is -6.31. The first-order valence-corrected chi connectivity index (χ1v) is 29.8. The van der Waals surface area contributed by atoms with E-state index in [1.807, 2.05) is 74.2 Å². The molecule has 0 atom stereocenters. The van der Waals surface area contributed by atoms with Crippen molar-refractivity contribution in [1.82, 2.24) is 15.6 Å². The number of para-hydroxylation sites is 1. The van der Waals surface area contributed by atoms with Gasteiger partial charge in [-0.2, -0.15) is 0 Å². The van der Waals surface area contributed by atoms with Gasteiger partial charge < -0.3 is 83.6 Å². The third kappa shape index (κ3) is 23.9. The van der Waals surface area contributed by atoms with Crippen molar-refractivity contribution in [1.29, 1.82) is 0 Å². The predicted octanol–water partition coefficient (Wildman–Crippen LogP) is 6.45. The normalized spacial score (nSPS) is 12.6. The summed E-state index contributed by atoms with van der Waals surface area (Å²) in [5.74, 6) is 6.63. The summed E-state index contributed by atoms with van der Waals surface area (Å²) in [4.78, 5) is 67.6.